The van der Waals surface area contributed by atoms with Crippen molar-refractivity contribution in [1.82, 2.24) is 14.9 Å². The summed E-state index contributed by atoms with van der Waals surface area (Å²) in [6, 6.07) is 16.6. The Balaban J connectivity index is 0.000000549. The molecular formula is C27H31N3O. The van der Waals surface area contributed by atoms with Gasteiger partial charge in [-0.15, -0.1) is 0 Å². The Hall–Kier alpha value is -3.27. The van der Waals surface area contributed by atoms with Crippen LogP contribution in [0.1, 0.15) is 57.5 Å². The van der Waals surface area contributed by atoms with Gasteiger partial charge in [-0.2, -0.15) is 0 Å². The van der Waals surface area contributed by atoms with Crippen LogP contribution in [0.3, 0.4) is 0 Å². The smallest absolute Gasteiger partial charge is 0.255 e. The molecule has 5 aromatic rings. The molecule has 2 aromatic heterocycles. The highest BCUT2D eigenvalue weighted by Gasteiger charge is 2.44. The predicted molar refractivity (Wildman–Crippen MR) is 133 cm³/mol. The maximum absolute atomic E-state index is 13.4. The summed E-state index contributed by atoms with van der Waals surface area (Å²) in [5, 5.41) is 4.45. The maximum Gasteiger partial charge on any atom is 0.255 e. The van der Waals surface area contributed by atoms with Gasteiger partial charge in [-0.3, -0.25) is 4.79 Å². The standard InChI is InChI=1S/C23H19N3O.2C2H6/c1-23(2)19-17-13-9-5-7-11-15(13)25-21(17)20-16(18(19)22(27)26(23)3)12-8-4-6-10-14(12)24-20;2*1-2/h4-11,24-25H,1-3H3;2*1-2H3. The van der Waals surface area contributed by atoms with Crippen molar-refractivity contribution >= 4 is 49.5 Å². The van der Waals surface area contributed by atoms with Gasteiger partial charge in [0.15, 0.2) is 0 Å². The van der Waals surface area contributed by atoms with Crippen LogP contribution in [0, 0.1) is 0 Å². The largest absolute Gasteiger partial charge is 0.353 e. The summed E-state index contributed by atoms with van der Waals surface area (Å²) < 4.78 is 0. The highest BCUT2D eigenvalue weighted by Crippen LogP contribution is 2.49. The van der Waals surface area contributed by atoms with Crippen molar-refractivity contribution in [3.8, 4) is 0 Å². The summed E-state index contributed by atoms with van der Waals surface area (Å²) >= 11 is 0. The Bertz CT molecular complexity index is 1440. The molecule has 0 unspecified atom stereocenters. The van der Waals surface area contributed by atoms with Gasteiger partial charge in [0.25, 0.3) is 5.91 Å². The average Bonchev–Trinajstić information content (AvgIpc) is 3.43. The molecule has 0 fully saturated rings. The van der Waals surface area contributed by atoms with Crippen molar-refractivity contribution in [3.05, 3.63) is 59.7 Å². The summed E-state index contributed by atoms with van der Waals surface area (Å²) in [4.78, 5) is 22.4. The van der Waals surface area contributed by atoms with Crippen LogP contribution in [0.5, 0.6) is 0 Å². The van der Waals surface area contributed by atoms with Gasteiger partial charge in [-0.1, -0.05) is 64.1 Å². The molecule has 0 saturated carbocycles. The SMILES string of the molecule is CC.CC.CN1C(=O)c2c(c3c4ccccc4[nH]c3c3[nH]c4ccccc4c23)C1(C)C. The van der Waals surface area contributed by atoms with Crippen molar-refractivity contribution in [2.24, 2.45) is 0 Å². The molecule has 0 spiro atoms. The number of amides is 1. The first-order valence-corrected chi connectivity index (χ1v) is 11.3. The molecule has 31 heavy (non-hydrogen) atoms. The summed E-state index contributed by atoms with van der Waals surface area (Å²) in [6.07, 6.45) is 0. The number of nitrogens with zero attached hydrogens (tertiary/aromatic N) is 1. The van der Waals surface area contributed by atoms with E-state index in [4.69, 9.17) is 0 Å². The Morgan fingerprint density at radius 3 is 1.74 bits per heavy atom. The van der Waals surface area contributed by atoms with Crippen molar-refractivity contribution in [3.63, 3.8) is 0 Å². The summed E-state index contributed by atoms with van der Waals surface area (Å²) in [6.45, 7) is 12.3. The number of carbonyl (C=O) groups is 1. The molecule has 1 aliphatic heterocycles. The van der Waals surface area contributed by atoms with Gasteiger partial charge < -0.3 is 14.9 Å². The molecular weight excluding hydrogens is 382 g/mol. The molecule has 1 amide bonds. The molecule has 3 heterocycles. The van der Waals surface area contributed by atoms with E-state index >= 15 is 0 Å². The van der Waals surface area contributed by atoms with Crippen LogP contribution in [0.15, 0.2) is 48.5 Å². The minimum atomic E-state index is -0.373. The minimum absolute atomic E-state index is 0.0944. The van der Waals surface area contributed by atoms with Gasteiger partial charge in [0.05, 0.1) is 22.1 Å². The number of benzene rings is 3. The number of aromatic amines is 2. The lowest BCUT2D eigenvalue weighted by molar-refractivity contribution is 0.0693. The number of nitrogens with one attached hydrogen (secondary N) is 2. The number of rotatable bonds is 0. The van der Waals surface area contributed by atoms with Crippen LogP contribution in [0.4, 0.5) is 0 Å². The lowest BCUT2D eigenvalue weighted by Crippen LogP contribution is -2.35. The van der Waals surface area contributed by atoms with Gasteiger partial charge in [0.2, 0.25) is 0 Å². The van der Waals surface area contributed by atoms with E-state index in [1.54, 1.807) is 0 Å². The third-order valence-electron chi connectivity index (χ3n) is 6.38. The first-order chi connectivity index (χ1) is 15.0. The molecule has 3 aromatic carbocycles. The maximum atomic E-state index is 13.4. The lowest BCUT2D eigenvalue weighted by atomic mass is 9.87. The average molecular weight is 414 g/mol. The lowest BCUT2D eigenvalue weighted by Gasteiger charge is -2.29. The van der Waals surface area contributed by atoms with Crippen LogP contribution >= 0.6 is 0 Å². The van der Waals surface area contributed by atoms with E-state index in [1.165, 1.54) is 5.39 Å². The quantitative estimate of drug-likeness (QED) is 0.274. The van der Waals surface area contributed by atoms with Gasteiger partial charge >= 0.3 is 0 Å². The summed E-state index contributed by atoms with van der Waals surface area (Å²) in [5.41, 5.74) is 5.84. The second-order valence-corrected chi connectivity index (χ2v) is 8.01. The second-order valence-electron chi connectivity index (χ2n) is 8.01. The fourth-order valence-corrected chi connectivity index (χ4v) is 4.84. The van der Waals surface area contributed by atoms with Crippen LogP contribution < -0.4 is 0 Å². The summed E-state index contributed by atoms with van der Waals surface area (Å²) in [7, 11) is 1.91. The molecule has 0 saturated heterocycles. The normalized spacial score (nSPS) is 14.5. The van der Waals surface area contributed by atoms with E-state index in [1.807, 2.05) is 57.8 Å². The molecule has 1 aliphatic rings. The fourth-order valence-electron chi connectivity index (χ4n) is 4.84. The molecule has 0 bridgehead atoms. The van der Waals surface area contributed by atoms with Crippen LogP contribution in [-0.4, -0.2) is 27.8 Å². The summed E-state index contributed by atoms with van der Waals surface area (Å²) in [5.74, 6) is 0.0944. The Labute approximate surface area is 183 Å². The number of hydrogen-bond donors (Lipinski definition) is 2. The number of hydrogen-bond acceptors (Lipinski definition) is 1. The van der Waals surface area contributed by atoms with Crippen molar-refractivity contribution in [2.45, 2.75) is 47.1 Å². The zero-order chi connectivity index (χ0) is 22.5. The second kappa shape index (κ2) is 7.45. The number of carbonyl (C=O) groups excluding carboxylic acids is 1. The van der Waals surface area contributed by atoms with Crippen LogP contribution in [0.2, 0.25) is 0 Å². The van der Waals surface area contributed by atoms with Gasteiger partial charge in [-0.05, 0) is 26.0 Å². The van der Waals surface area contributed by atoms with Crippen molar-refractivity contribution < 1.29 is 4.79 Å². The number of aromatic nitrogens is 2. The monoisotopic (exact) mass is 413 g/mol. The molecule has 4 heteroatoms. The molecule has 0 atom stereocenters. The minimum Gasteiger partial charge on any atom is -0.353 e. The zero-order valence-electron chi connectivity index (χ0n) is 19.5. The van der Waals surface area contributed by atoms with Crippen LogP contribution in [-0.2, 0) is 5.54 Å². The van der Waals surface area contributed by atoms with Gasteiger partial charge in [0.1, 0.15) is 0 Å². The van der Waals surface area contributed by atoms with Crippen LogP contribution in [0.25, 0.3) is 43.6 Å². The highest BCUT2D eigenvalue weighted by molar-refractivity contribution is 6.30. The number of H-pyrrole nitrogens is 2. The molecule has 6 rings (SSSR count). The van der Waals surface area contributed by atoms with E-state index in [9.17, 15) is 4.79 Å². The van der Waals surface area contributed by atoms with E-state index in [2.05, 4.69) is 54.1 Å². The fraction of sp³-hybridized carbons (Fsp3) is 0.296. The molecule has 2 N–H and O–H groups in total. The van der Waals surface area contributed by atoms with Gasteiger partial charge in [-0.25, -0.2) is 0 Å². The first kappa shape index (κ1) is 21.0. The van der Waals surface area contributed by atoms with E-state index in [0.717, 1.165) is 49.4 Å². The number of para-hydroxylation sites is 2. The number of fused-ring (bicyclic) bond motifs is 10. The Kier molecular flexibility index (Phi) is 5.04. The molecule has 160 valence electrons. The van der Waals surface area contributed by atoms with Gasteiger partial charge in [0, 0.05) is 45.2 Å². The zero-order valence-corrected chi connectivity index (χ0v) is 19.5. The molecule has 0 aliphatic carbocycles. The van der Waals surface area contributed by atoms with Crippen molar-refractivity contribution in [2.75, 3.05) is 7.05 Å². The third-order valence-corrected chi connectivity index (χ3v) is 6.38. The molecule has 0 radical (unpaired) electrons. The third kappa shape index (κ3) is 2.64. The Morgan fingerprint density at radius 1 is 0.742 bits per heavy atom. The van der Waals surface area contributed by atoms with E-state index in [0.29, 0.717) is 0 Å². The topological polar surface area (TPSA) is 51.9 Å². The molecule has 4 nitrogen and oxygen atoms in total. The predicted octanol–water partition coefficient (Wildman–Crippen LogP) is 7.33. The van der Waals surface area contributed by atoms with Crippen molar-refractivity contribution in [1.29, 1.82) is 0 Å². The van der Waals surface area contributed by atoms with E-state index < -0.39 is 0 Å². The Morgan fingerprint density at radius 2 is 1.19 bits per heavy atom. The highest BCUT2D eigenvalue weighted by atomic mass is 16.2. The van der Waals surface area contributed by atoms with E-state index in [-0.39, 0.29) is 11.4 Å². The first-order valence-electron chi connectivity index (χ1n) is 11.3.